The topological polar surface area (TPSA) is 0 Å². The summed E-state index contributed by atoms with van der Waals surface area (Å²) in [7, 11) is 0. The Balaban J connectivity index is -0.0000000244. The molecule has 1 aromatic carbocycles. The van der Waals surface area contributed by atoms with E-state index in [1.54, 1.807) is 0 Å². The maximum Gasteiger partial charge on any atom is 0 e. The third kappa shape index (κ3) is 84.3. The Morgan fingerprint density at radius 3 is 0.765 bits per heavy atom. The van der Waals surface area contributed by atoms with Crippen LogP contribution in [0.5, 0.6) is 0 Å². The Bertz CT molecular complexity index is 88.4. The van der Waals surface area contributed by atoms with E-state index in [2.05, 4.69) is 6.92 Å². The van der Waals surface area contributed by atoms with Crippen LogP contribution in [0, 0.1) is 38.0 Å². The molecule has 0 aliphatic heterocycles. The largest absolute Gasteiger partial charge is 0.344 e. The summed E-state index contributed by atoms with van der Waals surface area (Å²) >= 11 is 0. The predicted octanol–water partition coefficient (Wildman–Crippen LogP) is 6.63. The monoisotopic (exact) mass is 465 g/mol. The van der Waals surface area contributed by atoms with Crippen molar-refractivity contribution in [2.45, 2.75) is 62.3 Å². The van der Waals surface area contributed by atoms with Gasteiger partial charge in [-0.15, -0.1) is 0 Å². The molecular weight excluding hydrogens is 430 g/mol. The van der Waals surface area contributed by atoms with Gasteiger partial charge in [-0.25, -0.2) is 0 Å². The van der Waals surface area contributed by atoms with Crippen LogP contribution in [0.25, 0.3) is 0 Å². The molecule has 0 unspecified atom stereocenters. The van der Waals surface area contributed by atoms with Crippen LogP contribution in [0.4, 0.5) is 0 Å². The van der Waals surface area contributed by atoms with Crippen molar-refractivity contribution in [3.8, 4) is 0 Å². The number of hydrogen-bond acceptors (Lipinski definition) is 0. The summed E-state index contributed by atoms with van der Waals surface area (Å²) in [5, 5.41) is 0. The van der Waals surface area contributed by atoms with Crippen molar-refractivity contribution in [2.75, 3.05) is 0 Å². The van der Waals surface area contributed by atoms with Crippen molar-refractivity contribution in [3.63, 3.8) is 0 Å². The van der Waals surface area contributed by atoms with Gasteiger partial charge in [0.05, 0.1) is 0 Å². The first kappa shape index (κ1) is 36.0. The fourth-order valence-corrected chi connectivity index (χ4v) is 0.385. The SMILES string of the molecule is C.CC.CC.CC.[CH2-]CC.[U].c1ccccc1. The molecule has 104 valence electrons. The van der Waals surface area contributed by atoms with Gasteiger partial charge in [-0.1, -0.05) is 92.3 Å². The Kier molecular flexibility index (Phi) is 152. The van der Waals surface area contributed by atoms with Crippen LogP contribution < -0.4 is 0 Å². The molecule has 0 amide bonds. The molecule has 0 bridgehead atoms. The van der Waals surface area contributed by atoms with Gasteiger partial charge in [0.1, 0.15) is 0 Å². The molecule has 0 spiro atoms. The van der Waals surface area contributed by atoms with E-state index < -0.39 is 0 Å². The van der Waals surface area contributed by atoms with Crippen LogP contribution in [-0.2, 0) is 0 Å². The molecular formula is C16H35U-. The van der Waals surface area contributed by atoms with E-state index in [0.717, 1.165) is 6.42 Å². The summed E-state index contributed by atoms with van der Waals surface area (Å²) in [6, 6.07) is 12.0. The van der Waals surface area contributed by atoms with Gasteiger partial charge in [0.15, 0.2) is 0 Å². The van der Waals surface area contributed by atoms with E-state index in [4.69, 9.17) is 0 Å². The van der Waals surface area contributed by atoms with Crippen LogP contribution in [0.2, 0.25) is 0 Å². The molecule has 1 rings (SSSR count). The van der Waals surface area contributed by atoms with E-state index in [1.807, 2.05) is 84.9 Å². The smallest absolute Gasteiger partial charge is 0 e. The summed E-state index contributed by atoms with van der Waals surface area (Å²) in [4.78, 5) is 0. The van der Waals surface area contributed by atoms with Gasteiger partial charge in [-0.3, -0.25) is 0 Å². The zero-order valence-electron chi connectivity index (χ0n) is 12.4. The Hall–Kier alpha value is 0.272. The third-order valence-electron chi connectivity index (χ3n) is 0.667. The molecule has 0 saturated heterocycles. The zero-order valence-corrected chi connectivity index (χ0v) is 16.5. The van der Waals surface area contributed by atoms with Crippen molar-refractivity contribution in [1.29, 1.82) is 0 Å². The normalized spacial score (nSPS) is 4.94. The van der Waals surface area contributed by atoms with Crippen molar-refractivity contribution >= 4 is 0 Å². The maximum absolute atomic E-state index is 3.49. The fourth-order valence-electron chi connectivity index (χ4n) is 0.385. The Morgan fingerprint density at radius 1 is 0.647 bits per heavy atom. The number of rotatable bonds is 0. The van der Waals surface area contributed by atoms with Gasteiger partial charge in [0, 0.05) is 31.1 Å². The molecule has 0 aliphatic rings. The van der Waals surface area contributed by atoms with E-state index in [0.29, 0.717) is 0 Å². The second-order valence-electron chi connectivity index (χ2n) is 1.65. The van der Waals surface area contributed by atoms with Crippen LogP contribution >= 0.6 is 0 Å². The number of hydrogen-bond donors (Lipinski definition) is 0. The standard InChI is InChI=1S/C6H6.C3H7.3C2H6.CH4.U/c1-2-4-6-5-3-1;1-3-2;3*1-2;;/h1-6H;1,3H2,2H3;3*1-2H3;1H4;/q;-1;;;;;. The van der Waals surface area contributed by atoms with E-state index in [9.17, 15) is 0 Å². The molecule has 0 heterocycles. The van der Waals surface area contributed by atoms with Crippen molar-refractivity contribution in [2.24, 2.45) is 0 Å². The Morgan fingerprint density at radius 2 is 0.706 bits per heavy atom. The van der Waals surface area contributed by atoms with Gasteiger partial charge in [0.2, 0.25) is 0 Å². The molecule has 0 radical (unpaired) electrons. The van der Waals surface area contributed by atoms with Crippen LogP contribution in [-0.4, -0.2) is 0 Å². The molecule has 17 heavy (non-hydrogen) atoms. The first-order chi connectivity index (χ1) is 7.41. The average Bonchev–Trinajstić information content (AvgIpc) is 2.40. The van der Waals surface area contributed by atoms with Gasteiger partial charge >= 0.3 is 0 Å². The summed E-state index contributed by atoms with van der Waals surface area (Å²) in [5.74, 6) is 0. The molecule has 0 fully saturated rings. The first-order valence-electron chi connectivity index (χ1n) is 6.21. The quantitative estimate of drug-likeness (QED) is 0.377. The maximum atomic E-state index is 3.49. The molecule has 0 nitrogen and oxygen atoms in total. The Labute approximate surface area is 136 Å². The molecule has 0 N–H and O–H groups in total. The zero-order chi connectivity index (χ0) is 12.9. The van der Waals surface area contributed by atoms with Crippen molar-refractivity contribution in [1.82, 2.24) is 0 Å². The summed E-state index contributed by atoms with van der Waals surface area (Å²) < 4.78 is 0. The van der Waals surface area contributed by atoms with Crippen LogP contribution in [0.1, 0.15) is 62.3 Å². The molecule has 0 saturated carbocycles. The molecule has 1 aromatic rings. The van der Waals surface area contributed by atoms with Gasteiger partial charge in [-0.2, -0.15) is 6.42 Å². The van der Waals surface area contributed by atoms with E-state index in [-0.39, 0.29) is 38.5 Å². The molecule has 1 heteroatoms. The molecule has 0 aromatic heterocycles. The fraction of sp³-hybridized carbons (Fsp3) is 0.562. The summed E-state index contributed by atoms with van der Waals surface area (Å²) in [6.45, 7) is 17.5. The van der Waals surface area contributed by atoms with Gasteiger partial charge in [0.25, 0.3) is 0 Å². The predicted molar refractivity (Wildman–Crippen MR) is 82.9 cm³/mol. The molecule has 0 atom stereocenters. The van der Waals surface area contributed by atoms with Crippen LogP contribution in [0.15, 0.2) is 36.4 Å². The minimum atomic E-state index is 0. The molecule has 0 aliphatic carbocycles. The first-order valence-corrected chi connectivity index (χ1v) is 6.21. The summed E-state index contributed by atoms with van der Waals surface area (Å²) in [5.41, 5.74) is 0. The van der Waals surface area contributed by atoms with Crippen molar-refractivity contribution in [3.05, 3.63) is 43.3 Å². The number of benzene rings is 1. The van der Waals surface area contributed by atoms with E-state index in [1.165, 1.54) is 0 Å². The van der Waals surface area contributed by atoms with Gasteiger partial charge in [-0.05, 0) is 0 Å². The second kappa shape index (κ2) is 71.8. The minimum Gasteiger partial charge on any atom is -0.344 e. The average molecular weight is 465 g/mol. The summed E-state index contributed by atoms with van der Waals surface area (Å²) in [6.07, 6.45) is 1.00. The van der Waals surface area contributed by atoms with Crippen LogP contribution in [0.3, 0.4) is 0 Å². The minimum absolute atomic E-state index is 0. The third-order valence-corrected chi connectivity index (χ3v) is 0.667. The second-order valence-corrected chi connectivity index (χ2v) is 1.65. The van der Waals surface area contributed by atoms with E-state index >= 15 is 0 Å². The van der Waals surface area contributed by atoms with Crippen molar-refractivity contribution < 1.29 is 31.1 Å². The van der Waals surface area contributed by atoms with Gasteiger partial charge < -0.3 is 6.92 Å².